The molecule has 0 saturated heterocycles. The van der Waals surface area contributed by atoms with E-state index in [-0.39, 0.29) is 11.4 Å². The fourth-order valence-corrected chi connectivity index (χ4v) is 1.74. The van der Waals surface area contributed by atoms with Gasteiger partial charge >= 0.3 is 6.09 Å². The van der Waals surface area contributed by atoms with Gasteiger partial charge in [0.25, 0.3) is 0 Å². The largest absolute Gasteiger partial charge is 0.444 e. The minimum atomic E-state index is -0.603. The minimum Gasteiger partial charge on any atom is -0.444 e. The minimum absolute atomic E-state index is 0.110. The van der Waals surface area contributed by atoms with E-state index in [0.717, 1.165) is 0 Å². The van der Waals surface area contributed by atoms with Crippen molar-refractivity contribution in [1.82, 2.24) is 10.2 Å². The lowest BCUT2D eigenvalue weighted by Crippen LogP contribution is -2.54. The molecule has 19 heavy (non-hydrogen) atoms. The number of likely N-dealkylation sites (N-methyl/N-ethyl adjacent to an activating group) is 1. The van der Waals surface area contributed by atoms with Crippen molar-refractivity contribution in [1.29, 1.82) is 0 Å². The van der Waals surface area contributed by atoms with Crippen LogP contribution in [0.5, 0.6) is 0 Å². The van der Waals surface area contributed by atoms with Gasteiger partial charge in [0.1, 0.15) is 11.6 Å². The van der Waals surface area contributed by atoms with Crippen molar-refractivity contribution in [3.63, 3.8) is 0 Å². The third-order valence-electron chi connectivity index (χ3n) is 2.50. The summed E-state index contributed by atoms with van der Waals surface area (Å²) in [5.74, 6) is -0.110. The molecule has 0 heterocycles. The Hall–Kier alpha value is -1.26. The Kier molecular flexibility index (Phi) is 5.84. The molecule has 0 bridgehead atoms. The number of hydrogen-bond donors (Lipinski definition) is 1. The molecule has 0 rings (SSSR count). The normalized spacial score (nSPS) is 13.7. The second-order valence-corrected chi connectivity index (χ2v) is 6.62. The van der Waals surface area contributed by atoms with E-state index in [1.807, 2.05) is 27.7 Å². The first-order valence-electron chi connectivity index (χ1n) is 6.69. The molecule has 0 saturated carbocycles. The van der Waals surface area contributed by atoms with Gasteiger partial charge in [-0.2, -0.15) is 0 Å². The van der Waals surface area contributed by atoms with E-state index < -0.39 is 17.7 Å². The molecule has 0 aromatic carbocycles. The molecule has 0 aliphatic carbocycles. The SMILES string of the molecule is CCN(C(=O)C(C)NC(=O)OC(C)(C)C)C(C)(C)C. The van der Waals surface area contributed by atoms with Crippen molar-refractivity contribution >= 4 is 12.0 Å². The number of ether oxygens (including phenoxy) is 1. The summed E-state index contributed by atoms with van der Waals surface area (Å²) in [6.07, 6.45) is -0.571. The van der Waals surface area contributed by atoms with Crippen molar-refractivity contribution in [3.05, 3.63) is 0 Å². The van der Waals surface area contributed by atoms with E-state index in [2.05, 4.69) is 5.32 Å². The molecule has 0 aromatic rings. The zero-order chi connectivity index (χ0) is 15.4. The predicted molar refractivity (Wildman–Crippen MR) is 76.0 cm³/mol. The van der Waals surface area contributed by atoms with Crippen LogP contribution in [0.2, 0.25) is 0 Å². The van der Waals surface area contributed by atoms with Crippen molar-refractivity contribution in [2.75, 3.05) is 6.54 Å². The summed E-state index contributed by atoms with van der Waals surface area (Å²) >= 11 is 0. The summed E-state index contributed by atoms with van der Waals surface area (Å²) in [7, 11) is 0. The van der Waals surface area contributed by atoms with Crippen LogP contribution in [-0.4, -0.2) is 40.6 Å². The van der Waals surface area contributed by atoms with E-state index in [0.29, 0.717) is 6.54 Å². The molecule has 0 fully saturated rings. The van der Waals surface area contributed by atoms with E-state index in [9.17, 15) is 9.59 Å². The Balaban J connectivity index is 4.62. The summed E-state index contributed by atoms with van der Waals surface area (Å²) in [5, 5.41) is 2.57. The molecule has 0 spiro atoms. The van der Waals surface area contributed by atoms with E-state index in [1.54, 1.807) is 32.6 Å². The fourth-order valence-electron chi connectivity index (χ4n) is 1.74. The van der Waals surface area contributed by atoms with Gasteiger partial charge in [-0.05, 0) is 55.4 Å². The number of alkyl carbamates (subject to hydrolysis) is 1. The van der Waals surface area contributed by atoms with Gasteiger partial charge in [0.05, 0.1) is 0 Å². The number of carbonyl (C=O) groups excluding carboxylic acids is 2. The van der Waals surface area contributed by atoms with Crippen LogP contribution in [0.3, 0.4) is 0 Å². The Bertz CT molecular complexity index is 327. The van der Waals surface area contributed by atoms with Gasteiger partial charge in [-0.15, -0.1) is 0 Å². The van der Waals surface area contributed by atoms with Crippen LogP contribution in [-0.2, 0) is 9.53 Å². The maximum atomic E-state index is 12.3. The van der Waals surface area contributed by atoms with Crippen molar-refractivity contribution in [2.24, 2.45) is 0 Å². The molecule has 5 nitrogen and oxygen atoms in total. The van der Waals surface area contributed by atoms with Crippen LogP contribution in [0.4, 0.5) is 4.79 Å². The Labute approximate surface area is 116 Å². The molecule has 0 aromatic heterocycles. The van der Waals surface area contributed by atoms with Gasteiger partial charge in [0.2, 0.25) is 5.91 Å². The quantitative estimate of drug-likeness (QED) is 0.859. The molecule has 1 unspecified atom stereocenters. The molecule has 1 atom stereocenters. The van der Waals surface area contributed by atoms with Crippen LogP contribution >= 0.6 is 0 Å². The summed E-state index contributed by atoms with van der Waals surface area (Å²) in [5.41, 5.74) is -0.836. The summed E-state index contributed by atoms with van der Waals surface area (Å²) in [4.78, 5) is 25.6. The highest BCUT2D eigenvalue weighted by Gasteiger charge is 2.30. The lowest BCUT2D eigenvalue weighted by molar-refractivity contribution is -0.137. The lowest BCUT2D eigenvalue weighted by atomic mass is 10.0. The van der Waals surface area contributed by atoms with Crippen LogP contribution < -0.4 is 5.32 Å². The molecular formula is C14H28N2O3. The topological polar surface area (TPSA) is 58.6 Å². The number of amides is 2. The Morgan fingerprint density at radius 3 is 1.95 bits per heavy atom. The number of carbonyl (C=O) groups is 2. The van der Waals surface area contributed by atoms with Crippen LogP contribution in [0.25, 0.3) is 0 Å². The maximum absolute atomic E-state index is 12.3. The first kappa shape index (κ1) is 17.7. The van der Waals surface area contributed by atoms with Gasteiger partial charge in [-0.1, -0.05) is 0 Å². The number of rotatable bonds is 3. The van der Waals surface area contributed by atoms with Crippen LogP contribution in [0.15, 0.2) is 0 Å². The van der Waals surface area contributed by atoms with E-state index >= 15 is 0 Å². The average Bonchev–Trinajstić information content (AvgIpc) is 2.12. The molecule has 5 heteroatoms. The highest BCUT2D eigenvalue weighted by atomic mass is 16.6. The van der Waals surface area contributed by atoms with Crippen LogP contribution in [0.1, 0.15) is 55.4 Å². The molecular weight excluding hydrogens is 244 g/mol. The van der Waals surface area contributed by atoms with Gasteiger partial charge < -0.3 is 15.0 Å². The standard InChI is InChI=1S/C14H28N2O3/c1-9-16(13(3,4)5)11(17)10(2)15-12(18)19-14(6,7)8/h10H,9H2,1-8H3,(H,15,18). The summed E-state index contributed by atoms with van der Waals surface area (Å²) in [6.45, 7) is 15.4. The maximum Gasteiger partial charge on any atom is 0.408 e. The second-order valence-electron chi connectivity index (χ2n) is 6.62. The summed E-state index contributed by atoms with van der Waals surface area (Å²) < 4.78 is 5.14. The summed E-state index contributed by atoms with van der Waals surface area (Å²) in [6, 6.07) is -0.603. The Morgan fingerprint density at radius 1 is 1.16 bits per heavy atom. The average molecular weight is 272 g/mol. The van der Waals surface area contributed by atoms with Crippen molar-refractivity contribution < 1.29 is 14.3 Å². The molecule has 112 valence electrons. The fraction of sp³-hybridized carbons (Fsp3) is 0.857. The number of nitrogens with zero attached hydrogens (tertiary/aromatic N) is 1. The first-order chi connectivity index (χ1) is 8.38. The number of hydrogen-bond acceptors (Lipinski definition) is 3. The van der Waals surface area contributed by atoms with Crippen LogP contribution in [0, 0.1) is 0 Å². The number of nitrogens with one attached hydrogen (secondary N) is 1. The molecule has 0 radical (unpaired) electrons. The zero-order valence-corrected chi connectivity index (χ0v) is 13.5. The molecule has 1 N–H and O–H groups in total. The lowest BCUT2D eigenvalue weighted by Gasteiger charge is -2.36. The van der Waals surface area contributed by atoms with Crippen molar-refractivity contribution in [3.8, 4) is 0 Å². The monoisotopic (exact) mass is 272 g/mol. The van der Waals surface area contributed by atoms with Gasteiger partial charge in [0.15, 0.2) is 0 Å². The third kappa shape index (κ3) is 6.45. The van der Waals surface area contributed by atoms with Crippen molar-refractivity contribution in [2.45, 2.75) is 72.6 Å². The van der Waals surface area contributed by atoms with E-state index in [1.165, 1.54) is 0 Å². The van der Waals surface area contributed by atoms with Gasteiger partial charge in [0, 0.05) is 12.1 Å². The first-order valence-corrected chi connectivity index (χ1v) is 6.69. The molecule has 2 amide bonds. The van der Waals surface area contributed by atoms with Gasteiger partial charge in [-0.3, -0.25) is 4.79 Å². The van der Waals surface area contributed by atoms with E-state index in [4.69, 9.17) is 4.74 Å². The molecule has 0 aliphatic heterocycles. The highest BCUT2D eigenvalue weighted by Crippen LogP contribution is 2.14. The molecule has 0 aliphatic rings. The predicted octanol–water partition coefficient (Wildman–Crippen LogP) is 2.55. The Morgan fingerprint density at radius 2 is 1.63 bits per heavy atom. The zero-order valence-electron chi connectivity index (χ0n) is 13.5. The smallest absolute Gasteiger partial charge is 0.408 e. The highest BCUT2D eigenvalue weighted by molar-refractivity contribution is 5.85. The van der Waals surface area contributed by atoms with Gasteiger partial charge in [-0.25, -0.2) is 4.79 Å². The third-order valence-corrected chi connectivity index (χ3v) is 2.50. The second kappa shape index (κ2) is 6.26.